The van der Waals surface area contributed by atoms with E-state index in [1.807, 2.05) is 4.72 Å². The number of ketones is 1. The fourth-order valence-corrected chi connectivity index (χ4v) is 8.24. The van der Waals surface area contributed by atoms with Crippen molar-refractivity contribution >= 4 is 74.5 Å². The number of benzene rings is 3. The lowest BCUT2D eigenvalue weighted by Gasteiger charge is -2.27. The van der Waals surface area contributed by atoms with E-state index in [9.17, 15) is 36.8 Å². The molecular weight excluding hydrogens is 740 g/mol. The van der Waals surface area contributed by atoms with Crippen molar-refractivity contribution < 1.29 is 45.6 Å². The van der Waals surface area contributed by atoms with Gasteiger partial charge in [0.2, 0.25) is 17.6 Å². The molecule has 0 bridgehead atoms. The Kier molecular flexibility index (Phi) is 8.88. The summed E-state index contributed by atoms with van der Waals surface area (Å²) >= 11 is 0. The van der Waals surface area contributed by atoms with E-state index in [-0.39, 0.29) is 53.5 Å². The lowest BCUT2D eigenvalue weighted by atomic mass is 9.63. The molecule has 0 saturated carbocycles. The number of H-pyrrole nitrogens is 1. The number of fused-ring (bicyclic) bond motifs is 2. The van der Waals surface area contributed by atoms with Crippen molar-refractivity contribution in [1.82, 2.24) is 24.5 Å². The molecule has 55 heavy (non-hydrogen) atoms. The number of halogens is 3. The Morgan fingerprint density at radius 2 is 1.65 bits per heavy atom. The summed E-state index contributed by atoms with van der Waals surface area (Å²) in [6.45, 7) is -0.532. The summed E-state index contributed by atoms with van der Waals surface area (Å²) in [4.78, 5) is 72.0. The number of hydrogen-bond donors (Lipinski definition) is 3. The Morgan fingerprint density at radius 3 is 2.38 bits per heavy atom. The average Bonchev–Trinajstić information content (AvgIpc) is 3.86. The van der Waals surface area contributed by atoms with E-state index in [1.165, 1.54) is 12.3 Å². The number of carbonyl (C=O) groups excluding carboxylic acids is 5. The molecule has 1 unspecified atom stereocenters. The minimum Gasteiger partial charge on any atom is -0.345 e. The zero-order chi connectivity index (χ0) is 38.8. The summed E-state index contributed by atoms with van der Waals surface area (Å²) in [5, 5.41) is 2.42. The number of nitrogens with one attached hydrogen (secondary N) is 3. The molecule has 3 aliphatic heterocycles. The van der Waals surface area contributed by atoms with Crippen molar-refractivity contribution in [2.24, 2.45) is 0 Å². The van der Waals surface area contributed by atoms with E-state index in [4.69, 9.17) is 0 Å². The van der Waals surface area contributed by atoms with Gasteiger partial charge >= 0.3 is 10.2 Å². The molecule has 5 heterocycles. The topological polar surface area (TPSA) is 179 Å². The highest BCUT2D eigenvalue weighted by Gasteiger charge is 2.44. The zero-order valence-corrected chi connectivity index (χ0v) is 29.3. The van der Waals surface area contributed by atoms with Gasteiger partial charge in [0.1, 0.15) is 23.7 Å². The van der Waals surface area contributed by atoms with Crippen LogP contribution in [0.3, 0.4) is 0 Å². The average molecular weight is 768 g/mol. The van der Waals surface area contributed by atoms with E-state index in [2.05, 4.69) is 15.3 Å². The number of piperidine rings is 1. The zero-order valence-electron chi connectivity index (χ0n) is 28.4. The van der Waals surface area contributed by atoms with Crippen molar-refractivity contribution in [3.8, 4) is 11.1 Å². The number of amides is 4. The molecule has 3 N–H and O–H groups in total. The number of alkyl halides is 1. The number of rotatable bonds is 9. The predicted molar refractivity (Wildman–Crippen MR) is 193 cm³/mol. The van der Waals surface area contributed by atoms with E-state index in [1.54, 1.807) is 55.9 Å². The highest BCUT2D eigenvalue weighted by atomic mass is 32.2. The second kappa shape index (κ2) is 13.6. The van der Waals surface area contributed by atoms with Gasteiger partial charge in [-0.1, -0.05) is 47.3 Å². The minimum absolute atomic E-state index is 0.0137. The maximum Gasteiger partial charge on any atom is 0.301 e. The second-order valence-electron chi connectivity index (χ2n) is 13.3. The Bertz CT molecular complexity index is 2600. The van der Waals surface area contributed by atoms with Crippen LogP contribution in [-0.2, 0) is 19.8 Å². The molecule has 8 rings (SSSR count). The first-order chi connectivity index (χ1) is 26.3. The van der Waals surface area contributed by atoms with Gasteiger partial charge in [0.15, 0.2) is 13.1 Å². The summed E-state index contributed by atoms with van der Waals surface area (Å²) in [5.41, 5.74) is 1.34. The molecule has 5 aromatic rings. The minimum atomic E-state index is -4.38. The van der Waals surface area contributed by atoms with Crippen LogP contribution in [0.5, 0.6) is 0 Å². The molecule has 4 amide bonds. The SMILES string of the molecule is O=C1CCC(N2C(=O)c3ccc([B]c4ccc(-c5cnc6[nH]cc(C(=O)c7c(F)ccc(NS(=O)(=O)N8CC[C@@H](F)C8)c7F)c6c5)cc4)cc3C2=O)C(=O)N1. The molecule has 3 aliphatic rings. The second-order valence-corrected chi connectivity index (χ2v) is 15.0. The van der Waals surface area contributed by atoms with E-state index in [0.29, 0.717) is 16.6 Å². The van der Waals surface area contributed by atoms with Crippen LogP contribution in [0, 0.1) is 11.6 Å². The third kappa shape index (κ3) is 6.46. The number of aromatic nitrogens is 2. The molecular formula is C37H27BF3N6O7S. The molecule has 0 spiro atoms. The molecule has 0 aliphatic carbocycles. The maximum atomic E-state index is 15.7. The quantitative estimate of drug-likeness (QED) is 0.116. The van der Waals surface area contributed by atoms with Gasteiger partial charge in [-0.05, 0) is 42.7 Å². The van der Waals surface area contributed by atoms with Crippen LogP contribution in [0.15, 0.2) is 73.1 Å². The van der Waals surface area contributed by atoms with Gasteiger partial charge in [0.05, 0.1) is 22.4 Å². The third-order valence-corrected chi connectivity index (χ3v) is 11.3. The highest BCUT2D eigenvalue weighted by molar-refractivity contribution is 7.90. The van der Waals surface area contributed by atoms with E-state index < -0.39 is 81.3 Å². The Labute approximate surface area is 311 Å². The van der Waals surface area contributed by atoms with Gasteiger partial charge < -0.3 is 4.98 Å². The normalized spacial score (nSPS) is 18.9. The first kappa shape index (κ1) is 35.9. The first-order valence-corrected chi connectivity index (χ1v) is 18.5. The number of anilines is 1. The van der Waals surface area contributed by atoms with Crippen molar-refractivity contribution in [3.63, 3.8) is 0 Å². The summed E-state index contributed by atoms with van der Waals surface area (Å²) in [6.07, 6.45) is 1.46. The number of pyridine rings is 1. The van der Waals surface area contributed by atoms with Crippen LogP contribution in [0.4, 0.5) is 18.9 Å². The van der Waals surface area contributed by atoms with Crippen LogP contribution >= 0.6 is 0 Å². The smallest absolute Gasteiger partial charge is 0.301 e. The van der Waals surface area contributed by atoms with Gasteiger partial charge in [-0.2, -0.15) is 12.7 Å². The molecule has 2 aromatic heterocycles. The monoisotopic (exact) mass is 767 g/mol. The van der Waals surface area contributed by atoms with Crippen LogP contribution in [0.2, 0.25) is 0 Å². The van der Waals surface area contributed by atoms with Gasteiger partial charge in [-0.15, -0.1) is 0 Å². The Hall–Kier alpha value is -6.14. The van der Waals surface area contributed by atoms with E-state index in [0.717, 1.165) is 26.8 Å². The van der Waals surface area contributed by atoms with Gasteiger partial charge in [-0.25, -0.2) is 18.2 Å². The highest BCUT2D eigenvalue weighted by Crippen LogP contribution is 2.31. The maximum absolute atomic E-state index is 15.7. The van der Waals surface area contributed by atoms with Crippen LogP contribution in [0.25, 0.3) is 22.2 Å². The van der Waals surface area contributed by atoms with Crippen LogP contribution in [0.1, 0.15) is 55.9 Å². The fourth-order valence-electron chi connectivity index (χ4n) is 6.98. The van der Waals surface area contributed by atoms with Crippen molar-refractivity contribution in [2.75, 3.05) is 17.8 Å². The third-order valence-electron chi connectivity index (χ3n) is 9.81. The molecule has 2 fully saturated rings. The molecule has 1 radical (unpaired) electrons. The fraction of sp³-hybridized carbons (Fsp3) is 0.189. The van der Waals surface area contributed by atoms with Gasteiger partial charge in [-0.3, -0.25) is 38.9 Å². The van der Waals surface area contributed by atoms with Crippen LogP contribution < -0.4 is 21.0 Å². The summed E-state index contributed by atoms with van der Waals surface area (Å²) in [7, 11) is -2.60. The predicted octanol–water partition coefficient (Wildman–Crippen LogP) is 2.50. The number of imide groups is 2. The molecule has 2 saturated heterocycles. The van der Waals surface area contributed by atoms with Crippen molar-refractivity contribution in [2.45, 2.75) is 31.5 Å². The lowest BCUT2D eigenvalue weighted by Crippen LogP contribution is -2.54. The standard InChI is InChI=1S/C37H27BF3N6O7S/c39-22-11-12-46(17-22)55(53,54)45-28-8-7-27(40)31(32(28)41)33(49)26-16-43-34-24(26)13-19(15-42-34)18-1-3-20(4-2-18)38-21-5-6-23-25(14-21)37(52)47(36(23)51)29-9-10-30(48)44-35(29)50/h1-8,13-16,22,29,45H,9-12,17H2,(H,42,43)(H,44,48,50)/t22-,29?/m1/s1. The van der Waals surface area contributed by atoms with E-state index >= 15 is 8.78 Å². The van der Waals surface area contributed by atoms with Crippen molar-refractivity contribution in [3.05, 3.63) is 107 Å². The molecule has 277 valence electrons. The molecule has 18 heteroatoms. The first-order valence-electron chi connectivity index (χ1n) is 17.0. The lowest BCUT2D eigenvalue weighted by molar-refractivity contribution is -0.136. The van der Waals surface area contributed by atoms with Gasteiger partial charge in [0, 0.05) is 48.4 Å². The summed E-state index contributed by atoms with van der Waals surface area (Å²) < 4.78 is 72.6. The largest absolute Gasteiger partial charge is 0.345 e. The number of carbonyl (C=O) groups is 5. The van der Waals surface area contributed by atoms with Crippen molar-refractivity contribution in [1.29, 1.82) is 0 Å². The number of aromatic amines is 1. The van der Waals surface area contributed by atoms with Gasteiger partial charge in [0.25, 0.3) is 11.8 Å². The molecule has 13 nitrogen and oxygen atoms in total. The van der Waals surface area contributed by atoms with Crippen LogP contribution in [-0.4, -0.2) is 89.6 Å². The molecule has 2 atom stereocenters. The Morgan fingerprint density at radius 1 is 0.909 bits per heavy atom. The number of hydrogen-bond acceptors (Lipinski definition) is 8. The Balaban J connectivity index is 1.01. The number of nitrogens with zero attached hydrogens (tertiary/aromatic N) is 3. The summed E-state index contributed by atoms with van der Waals surface area (Å²) in [6, 6.07) is 14.0. The summed E-state index contributed by atoms with van der Waals surface area (Å²) in [5.74, 6) is -6.09. The molecule has 3 aromatic carbocycles.